The van der Waals surface area contributed by atoms with E-state index in [0.717, 1.165) is 35.8 Å². The lowest BCUT2D eigenvalue weighted by Crippen LogP contribution is -2.18. The van der Waals surface area contributed by atoms with Crippen LogP contribution in [0.5, 0.6) is 5.75 Å². The quantitative estimate of drug-likeness (QED) is 0.302. The molecule has 3 aromatic carbocycles. The molecule has 3 aromatic rings. The molecule has 1 aliphatic rings. The van der Waals surface area contributed by atoms with Gasteiger partial charge in [-0.2, -0.15) is 8.78 Å². The molecule has 34 heavy (non-hydrogen) atoms. The first-order valence-electron chi connectivity index (χ1n) is 12.2. The average Bonchev–Trinajstić information content (AvgIpc) is 2.84. The highest BCUT2D eigenvalue weighted by Gasteiger charge is 2.21. The van der Waals surface area contributed by atoms with Crippen molar-refractivity contribution in [1.82, 2.24) is 0 Å². The molecule has 5 heteroatoms. The van der Waals surface area contributed by atoms with Crippen LogP contribution < -0.4 is 4.74 Å². The number of alkyl halides is 2. The van der Waals surface area contributed by atoms with E-state index in [-0.39, 0.29) is 11.6 Å². The van der Waals surface area contributed by atoms with E-state index in [0.29, 0.717) is 23.8 Å². The summed E-state index contributed by atoms with van der Waals surface area (Å²) >= 11 is 0. The third-order valence-corrected chi connectivity index (χ3v) is 7.14. The first-order valence-corrected chi connectivity index (χ1v) is 12.2. The van der Waals surface area contributed by atoms with E-state index in [1.807, 2.05) is 18.2 Å². The SMILES string of the molecule is COCC1CCC(CCc2ccc3c(F)c(CCc4ccc(OC(F)F)cc4)ccc3c2)CC1. The van der Waals surface area contributed by atoms with Crippen LogP contribution >= 0.6 is 0 Å². The smallest absolute Gasteiger partial charge is 0.387 e. The topological polar surface area (TPSA) is 18.5 Å². The number of hydrogen-bond acceptors (Lipinski definition) is 2. The summed E-state index contributed by atoms with van der Waals surface area (Å²) in [4.78, 5) is 0. The minimum Gasteiger partial charge on any atom is -0.435 e. The van der Waals surface area contributed by atoms with Crippen LogP contribution in [-0.2, 0) is 24.0 Å². The third kappa shape index (κ3) is 6.53. The van der Waals surface area contributed by atoms with Crippen LogP contribution in [0.25, 0.3) is 10.8 Å². The van der Waals surface area contributed by atoms with Crippen molar-refractivity contribution in [1.29, 1.82) is 0 Å². The second-order valence-corrected chi connectivity index (χ2v) is 9.50. The highest BCUT2D eigenvalue weighted by atomic mass is 19.3. The summed E-state index contributed by atoms with van der Waals surface area (Å²) < 4.78 is 49.4. The van der Waals surface area contributed by atoms with Crippen molar-refractivity contribution in [3.63, 3.8) is 0 Å². The highest BCUT2D eigenvalue weighted by Crippen LogP contribution is 2.32. The molecule has 1 saturated carbocycles. The molecule has 0 aromatic heterocycles. The molecule has 4 rings (SSSR count). The minimum absolute atomic E-state index is 0.130. The Labute approximate surface area is 200 Å². The Bertz CT molecular complexity index is 1060. The van der Waals surface area contributed by atoms with Crippen LogP contribution in [0, 0.1) is 17.7 Å². The molecule has 0 heterocycles. The van der Waals surface area contributed by atoms with Crippen molar-refractivity contribution < 1.29 is 22.6 Å². The monoisotopic (exact) mass is 470 g/mol. The van der Waals surface area contributed by atoms with Crippen LogP contribution in [0.2, 0.25) is 0 Å². The minimum atomic E-state index is -2.83. The summed E-state index contributed by atoms with van der Waals surface area (Å²) in [6.07, 6.45) is 8.47. The van der Waals surface area contributed by atoms with Crippen molar-refractivity contribution in [2.75, 3.05) is 13.7 Å². The van der Waals surface area contributed by atoms with Gasteiger partial charge in [0.05, 0.1) is 0 Å². The van der Waals surface area contributed by atoms with Crippen molar-refractivity contribution >= 4 is 10.8 Å². The van der Waals surface area contributed by atoms with Crippen molar-refractivity contribution in [3.8, 4) is 5.75 Å². The van der Waals surface area contributed by atoms with Crippen LogP contribution in [-0.4, -0.2) is 20.3 Å². The number of benzene rings is 3. The lowest BCUT2D eigenvalue weighted by molar-refractivity contribution is -0.0498. The Kier molecular flexibility index (Phi) is 8.49. The Hall–Kier alpha value is -2.53. The largest absolute Gasteiger partial charge is 0.435 e. The van der Waals surface area contributed by atoms with Gasteiger partial charge in [-0.15, -0.1) is 0 Å². The maximum atomic E-state index is 15.2. The van der Waals surface area contributed by atoms with Gasteiger partial charge in [-0.25, -0.2) is 4.39 Å². The molecule has 0 radical (unpaired) electrons. The molecule has 0 saturated heterocycles. The molecule has 0 unspecified atom stereocenters. The predicted molar refractivity (Wildman–Crippen MR) is 130 cm³/mol. The Morgan fingerprint density at radius 1 is 0.824 bits per heavy atom. The second kappa shape index (κ2) is 11.7. The van der Waals surface area contributed by atoms with Gasteiger partial charge in [-0.1, -0.05) is 55.3 Å². The van der Waals surface area contributed by atoms with E-state index in [1.54, 1.807) is 19.2 Å². The van der Waals surface area contributed by atoms with Gasteiger partial charge in [-0.05, 0) is 84.6 Å². The molecule has 0 spiro atoms. The fourth-order valence-corrected chi connectivity index (χ4v) is 5.14. The van der Waals surface area contributed by atoms with Crippen molar-refractivity contribution in [2.24, 2.45) is 11.8 Å². The van der Waals surface area contributed by atoms with Crippen LogP contribution in [0.1, 0.15) is 48.8 Å². The van der Waals surface area contributed by atoms with Crippen molar-refractivity contribution in [3.05, 3.63) is 77.1 Å². The van der Waals surface area contributed by atoms with Gasteiger partial charge in [0.2, 0.25) is 0 Å². The van der Waals surface area contributed by atoms with E-state index in [9.17, 15) is 8.78 Å². The van der Waals surface area contributed by atoms with E-state index < -0.39 is 6.61 Å². The third-order valence-electron chi connectivity index (χ3n) is 7.14. The molecular formula is C29H33F3O2. The molecule has 0 N–H and O–H groups in total. The van der Waals surface area contributed by atoms with Crippen LogP contribution in [0.3, 0.4) is 0 Å². The molecule has 0 aliphatic heterocycles. The number of aryl methyl sites for hydroxylation is 3. The number of halogens is 3. The molecule has 0 bridgehead atoms. The van der Waals surface area contributed by atoms with Gasteiger partial charge in [0.1, 0.15) is 11.6 Å². The van der Waals surface area contributed by atoms with E-state index in [2.05, 4.69) is 16.9 Å². The van der Waals surface area contributed by atoms with Gasteiger partial charge in [0, 0.05) is 19.1 Å². The fourth-order valence-electron chi connectivity index (χ4n) is 5.14. The number of ether oxygens (including phenoxy) is 2. The normalized spacial score (nSPS) is 18.5. The molecule has 182 valence electrons. The number of rotatable bonds is 10. The molecule has 1 fully saturated rings. The lowest BCUT2D eigenvalue weighted by atomic mass is 9.80. The van der Waals surface area contributed by atoms with Gasteiger partial charge >= 0.3 is 6.61 Å². The molecule has 1 aliphatic carbocycles. The van der Waals surface area contributed by atoms with Gasteiger partial charge in [0.15, 0.2) is 0 Å². The van der Waals surface area contributed by atoms with Gasteiger partial charge < -0.3 is 9.47 Å². The summed E-state index contributed by atoms with van der Waals surface area (Å²) in [7, 11) is 1.78. The van der Waals surface area contributed by atoms with Crippen molar-refractivity contribution in [2.45, 2.75) is 58.0 Å². The zero-order valence-corrected chi connectivity index (χ0v) is 19.7. The number of fused-ring (bicyclic) bond motifs is 1. The second-order valence-electron chi connectivity index (χ2n) is 9.50. The van der Waals surface area contributed by atoms with E-state index >= 15 is 4.39 Å². The predicted octanol–water partition coefficient (Wildman–Crippen LogP) is 7.75. The maximum Gasteiger partial charge on any atom is 0.387 e. The molecule has 2 nitrogen and oxygen atoms in total. The maximum absolute atomic E-state index is 15.2. The summed E-state index contributed by atoms with van der Waals surface area (Å²) in [5.41, 5.74) is 2.89. The first-order chi connectivity index (χ1) is 16.5. The van der Waals surface area contributed by atoms with E-state index in [1.165, 1.54) is 49.8 Å². The summed E-state index contributed by atoms with van der Waals surface area (Å²) in [5.74, 6) is 1.46. The Balaban J connectivity index is 1.33. The van der Waals surface area contributed by atoms with Crippen LogP contribution in [0.4, 0.5) is 13.2 Å². The Morgan fingerprint density at radius 3 is 2.24 bits per heavy atom. The standard InChI is InChI=1S/C29H33F3O2/c1-33-19-23-6-3-20(4-7-23)2-5-22-11-17-27-25(18-22)14-13-24(28(27)30)12-8-21-9-15-26(16-10-21)34-29(31)32/h9-11,13-18,20,23,29H,2-8,12,19H2,1H3. The van der Waals surface area contributed by atoms with Gasteiger partial charge in [-0.3, -0.25) is 0 Å². The van der Waals surface area contributed by atoms with Crippen LogP contribution in [0.15, 0.2) is 54.6 Å². The zero-order valence-electron chi connectivity index (χ0n) is 19.7. The molecule has 0 amide bonds. The average molecular weight is 471 g/mol. The summed E-state index contributed by atoms with van der Waals surface area (Å²) in [6.45, 7) is -1.95. The Morgan fingerprint density at radius 2 is 1.53 bits per heavy atom. The van der Waals surface area contributed by atoms with Gasteiger partial charge in [0.25, 0.3) is 0 Å². The number of hydrogen-bond donors (Lipinski definition) is 0. The zero-order chi connectivity index (χ0) is 23.9. The lowest BCUT2D eigenvalue weighted by Gasteiger charge is -2.28. The van der Waals surface area contributed by atoms with E-state index in [4.69, 9.17) is 4.74 Å². The summed E-state index contributed by atoms with van der Waals surface area (Å²) in [5, 5.41) is 1.60. The fraction of sp³-hybridized carbons (Fsp3) is 0.448. The highest BCUT2D eigenvalue weighted by molar-refractivity contribution is 5.84. The summed E-state index contributed by atoms with van der Waals surface area (Å²) in [6, 6.07) is 16.5. The first kappa shape index (κ1) is 24.6. The molecule has 0 atom stereocenters. The molecular weight excluding hydrogens is 437 g/mol. The number of methoxy groups -OCH3 is 1.